The van der Waals surface area contributed by atoms with Crippen LogP contribution in [-0.4, -0.2) is 84.3 Å². The van der Waals surface area contributed by atoms with Crippen molar-refractivity contribution in [1.29, 1.82) is 0 Å². The van der Waals surface area contributed by atoms with Crippen molar-refractivity contribution in [3.8, 4) is 17.6 Å². The third-order valence-corrected chi connectivity index (χ3v) is 21.7. The summed E-state index contributed by atoms with van der Waals surface area (Å²) in [5.41, 5.74) is 4.46. The van der Waals surface area contributed by atoms with Crippen molar-refractivity contribution in [2.45, 2.75) is 167 Å². The predicted octanol–water partition coefficient (Wildman–Crippen LogP) is 11.5. The highest BCUT2D eigenvalue weighted by molar-refractivity contribution is 5.85. The monoisotopic (exact) mass is 1030 g/mol. The van der Waals surface area contributed by atoms with Crippen molar-refractivity contribution < 1.29 is 48.5 Å². The number of aliphatic hydroxyl groups is 2. The molecule has 0 bridgehead atoms. The summed E-state index contributed by atoms with van der Waals surface area (Å²) in [6.07, 6.45) is 12.5. The number of ether oxygens (including phenoxy) is 4. The smallest absolute Gasteiger partial charge is 0.469 e. The molecule has 0 radical (unpaired) electrons. The maximum absolute atomic E-state index is 13.8. The van der Waals surface area contributed by atoms with E-state index in [4.69, 9.17) is 18.9 Å². The molecule has 0 saturated heterocycles. The molecule has 2 N–H and O–H groups in total. The van der Waals surface area contributed by atoms with Gasteiger partial charge in [-0.3, -0.25) is 19.7 Å². The van der Waals surface area contributed by atoms with Crippen molar-refractivity contribution in [1.82, 2.24) is 0 Å². The van der Waals surface area contributed by atoms with Crippen LogP contribution in [0, 0.1) is 85.5 Å². The van der Waals surface area contributed by atoms with Gasteiger partial charge in [0, 0.05) is 67.9 Å². The SMILES string of the molecule is CC#C[C@]1(O)CCC2C3CC=C4CC(=O)CCC4=C3[C@@H](c3ccc(N(C)CCO[C@H]4CC[C@@]5(C)[C@@H](C4)C[C@@H](OC(=O)Oc4ccc([N+](=O)[O-])cc4)[C@@H]4[C@@H]5C[C@H](O)[C@]5(C)C([C@H](C)CCC(=O)OC)CC[C@@H]45)cc3)C[C@@]21C. The molecule has 0 spiro atoms. The first kappa shape index (κ1) is 53.4. The summed E-state index contributed by atoms with van der Waals surface area (Å²) < 4.78 is 23.9. The average molecular weight is 1030 g/mol. The molecule has 7 fully saturated rings. The molecule has 0 amide bonds. The number of esters is 1. The van der Waals surface area contributed by atoms with E-state index in [2.05, 4.69) is 81.8 Å². The number of carbonyl (C=O) groups is 3. The van der Waals surface area contributed by atoms with Crippen molar-refractivity contribution in [2.75, 3.05) is 32.2 Å². The number of carbonyl (C=O) groups excluding carboxylic acids is 3. The fourth-order valence-corrected chi connectivity index (χ4v) is 17.7. The fourth-order valence-electron chi connectivity index (χ4n) is 17.7. The Kier molecular flexibility index (Phi) is 14.8. The standard InChI is InChI=1S/C62H80N2O11/c1-8-27-62(69)29-26-50-47-20-12-39-32-43(65)17-21-46(39)56(47)48(36-60(50,62)4)38-10-13-41(14-11-38)63(6)30-31-73-45-25-28-59(3)40(33-45)34-53(75-58(68)74-44-18-15-42(16-19-44)64(70)71)57-51-23-22-49(37(2)9-24-55(67)72-7)61(51,5)54(66)35-52(57)59/h10-16,18-19,37,40,45,47-54,57,66,69H,9,17,20-26,28-36H2,1-7H3/t37-,40+,45+,47?,48-,49?,50?,51+,52+,53-,54+,57+,59+,60+,61-,62+/m1/s1. The molecule has 2 aromatic rings. The van der Waals surface area contributed by atoms with Crippen molar-refractivity contribution >= 4 is 29.3 Å². The first-order valence-corrected chi connectivity index (χ1v) is 28.2. The van der Waals surface area contributed by atoms with E-state index < -0.39 is 34.3 Å². The Labute approximate surface area is 443 Å². The molecule has 8 aliphatic carbocycles. The highest BCUT2D eigenvalue weighted by Crippen LogP contribution is 2.70. The summed E-state index contributed by atoms with van der Waals surface area (Å²) in [5, 5.41) is 35.9. The van der Waals surface area contributed by atoms with Gasteiger partial charge < -0.3 is 34.1 Å². The van der Waals surface area contributed by atoms with E-state index in [-0.39, 0.29) is 75.8 Å². The maximum Gasteiger partial charge on any atom is 0.514 e. The van der Waals surface area contributed by atoms with Gasteiger partial charge in [-0.15, -0.1) is 5.92 Å². The Morgan fingerprint density at radius 2 is 1.72 bits per heavy atom. The third kappa shape index (κ3) is 9.45. The molecule has 10 rings (SSSR count). The highest BCUT2D eigenvalue weighted by atomic mass is 16.7. The number of nitro groups is 1. The van der Waals surface area contributed by atoms with E-state index in [0.717, 1.165) is 63.5 Å². The Hall–Kier alpha value is -5.03. The lowest BCUT2D eigenvalue weighted by atomic mass is 9.43. The van der Waals surface area contributed by atoms with Crippen LogP contribution < -0.4 is 9.64 Å². The second-order valence-electron chi connectivity index (χ2n) is 24.9. The lowest BCUT2D eigenvalue weighted by Gasteiger charge is -2.64. The Balaban J connectivity index is 0.826. The molecule has 2 aromatic carbocycles. The number of benzene rings is 2. The van der Waals surface area contributed by atoms with Gasteiger partial charge in [-0.25, -0.2) is 4.79 Å². The van der Waals surface area contributed by atoms with Crippen LogP contribution in [0.5, 0.6) is 5.75 Å². The van der Waals surface area contributed by atoms with Gasteiger partial charge in [-0.2, -0.15) is 0 Å². The van der Waals surface area contributed by atoms with Crippen LogP contribution in [0.2, 0.25) is 0 Å². The number of anilines is 1. The summed E-state index contributed by atoms with van der Waals surface area (Å²) in [6, 6.07) is 14.4. The zero-order valence-electron chi connectivity index (χ0n) is 45.3. The molecule has 13 heteroatoms. The topological polar surface area (TPSA) is 175 Å². The molecule has 75 heavy (non-hydrogen) atoms. The van der Waals surface area contributed by atoms with Crippen LogP contribution in [0.25, 0.3) is 0 Å². The van der Waals surface area contributed by atoms with E-state index in [0.29, 0.717) is 75.7 Å². The summed E-state index contributed by atoms with van der Waals surface area (Å²) >= 11 is 0. The highest BCUT2D eigenvalue weighted by Gasteiger charge is 2.67. The number of hydrogen-bond donors (Lipinski definition) is 2. The Bertz CT molecular complexity index is 2650. The molecule has 404 valence electrons. The van der Waals surface area contributed by atoms with Gasteiger partial charge in [0.25, 0.3) is 5.69 Å². The van der Waals surface area contributed by atoms with Gasteiger partial charge in [0.2, 0.25) is 0 Å². The minimum absolute atomic E-state index is 0.00696. The largest absolute Gasteiger partial charge is 0.514 e. The molecular formula is C62H80N2O11. The number of non-ortho nitro benzene ring substituents is 1. The van der Waals surface area contributed by atoms with Crippen LogP contribution >= 0.6 is 0 Å². The van der Waals surface area contributed by atoms with Gasteiger partial charge in [-0.05, 0) is 184 Å². The van der Waals surface area contributed by atoms with Crippen LogP contribution in [-0.2, 0) is 23.8 Å². The predicted molar refractivity (Wildman–Crippen MR) is 285 cm³/mol. The quantitative estimate of drug-likeness (QED) is 0.0640. The molecule has 3 unspecified atom stereocenters. The molecule has 13 nitrogen and oxygen atoms in total. The molecule has 7 saturated carbocycles. The number of methoxy groups -OCH3 is 1. The minimum atomic E-state index is -1.03. The first-order valence-electron chi connectivity index (χ1n) is 28.2. The second kappa shape index (κ2) is 20.7. The molecular weight excluding hydrogens is 949 g/mol. The Morgan fingerprint density at radius 1 is 0.960 bits per heavy atom. The van der Waals surface area contributed by atoms with E-state index in [1.165, 1.54) is 53.7 Å². The van der Waals surface area contributed by atoms with Crippen molar-refractivity contribution in [3.63, 3.8) is 0 Å². The fraction of sp³-hybridized carbons (Fsp3) is 0.661. The summed E-state index contributed by atoms with van der Waals surface area (Å²) in [5.74, 6) is 8.14. The van der Waals surface area contributed by atoms with E-state index in [1.54, 1.807) is 0 Å². The number of nitro benzene ring substituents is 1. The zero-order chi connectivity index (χ0) is 53.2. The number of likely N-dealkylation sites (N-methyl/N-ethyl adjacent to an activating group) is 1. The number of fused-ring (bicyclic) bond motifs is 9. The van der Waals surface area contributed by atoms with Gasteiger partial charge in [0.15, 0.2) is 0 Å². The van der Waals surface area contributed by atoms with E-state index in [9.17, 15) is 34.7 Å². The summed E-state index contributed by atoms with van der Waals surface area (Å²) in [4.78, 5) is 51.7. The lowest BCUT2D eigenvalue weighted by molar-refractivity contribution is -0.384. The maximum atomic E-state index is 13.8. The molecule has 0 aromatic heterocycles. The third-order valence-electron chi connectivity index (χ3n) is 21.7. The average Bonchev–Trinajstić information content (AvgIpc) is 4.02. The van der Waals surface area contributed by atoms with Crippen molar-refractivity contribution in [2.24, 2.45) is 63.6 Å². The summed E-state index contributed by atoms with van der Waals surface area (Å²) in [6.45, 7) is 12.2. The number of Topliss-reactive ketones (excluding diaryl/α,β-unsaturated/α-hetero) is 1. The first-order chi connectivity index (χ1) is 35.8. The number of ketones is 1. The zero-order valence-corrected chi connectivity index (χ0v) is 45.3. The number of nitrogens with zero attached hydrogens (tertiary/aromatic N) is 2. The van der Waals surface area contributed by atoms with Gasteiger partial charge in [-0.1, -0.05) is 57.4 Å². The van der Waals surface area contributed by atoms with Crippen LogP contribution in [0.15, 0.2) is 71.3 Å². The van der Waals surface area contributed by atoms with Crippen LogP contribution in [0.1, 0.15) is 149 Å². The normalized spacial score (nSPS) is 37.9. The molecule has 0 heterocycles. The number of hydrogen-bond acceptors (Lipinski definition) is 12. The van der Waals surface area contributed by atoms with Crippen molar-refractivity contribution in [3.05, 3.63) is 87.0 Å². The Morgan fingerprint density at radius 3 is 2.44 bits per heavy atom. The molecule has 8 aliphatic rings. The molecule has 0 aliphatic heterocycles. The van der Waals surface area contributed by atoms with Crippen LogP contribution in [0.4, 0.5) is 16.2 Å². The summed E-state index contributed by atoms with van der Waals surface area (Å²) in [7, 11) is 3.52. The van der Waals surface area contributed by atoms with E-state index >= 15 is 0 Å². The van der Waals surface area contributed by atoms with Gasteiger partial charge in [0.05, 0.1) is 30.8 Å². The number of rotatable bonds is 13. The number of allylic oxidation sites excluding steroid dienone is 4. The minimum Gasteiger partial charge on any atom is -0.469 e. The van der Waals surface area contributed by atoms with Gasteiger partial charge >= 0.3 is 12.1 Å². The second-order valence-corrected chi connectivity index (χ2v) is 24.9. The lowest BCUT2D eigenvalue weighted by Crippen LogP contribution is -2.63. The number of aliphatic hydroxyl groups excluding tert-OH is 1. The molecule has 16 atom stereocenters. The van der Waals surface area contributed by atoms with Gasteiger partial charge in [0.1, 0.15) is 23.2 Å². The van der Waals surface area contributed by atoms with E-state index in [1.807, 2.05) is 6.92 Å². The van der Waals surface area contributed by atoms with Crippen LogP contribution in [0.3, 0.4) is 0 Å².